The number of nitrogens with one attached hydrogen (secondary N) is 1. The molecular weight excluding hydrogens is 430 g/mol. The molecule has 0 aliphatic carbocycles. The molecule has 168 valence electrons. The van der Waals surface area contributed by atoms with Crippen LogP contribution in [0.5, 0.6) is 5.75 Å². The Hall–Kier alpha value is -4.65. The summed E-state index contributed by atoms with van der Waals surface area (Å²) in [6.45, 7) is -0.170. The molecule has 2 aromatic heterocycles. The molecule has 0 fully saturated rings. The molecule has 34 heavy (non-hydrogen) atoms. The van der Waals surface area contributed by atoms with Crippen LogP contribution in [0, 0.1) is 0 Å². The van der Waals surface area contributed by atoms with Gasteiger partial charge in [-0.25, -0.2) is 9.78 Å². The summed E-state index contributed by atoms with van der Waals surface area (Å²) in [5, 5.41) is 7.27. The molecule has 0 aliphatic rings. The summed E-state index contributed by atoms with van der Waals surface area (Å²) in [6, 6.07) is 27.2. The Labute approximate surface area is 196 Å². The highest BCUT2D eigenvalue weighted by Crippen LogP contribution is 2.38. The van der Waals surface area contributed by atoms with Crippen LogP contribution in [0.15, 0.2) is 95.5 Å². The topological polar surface area (TPSA) is 90.2 Å². The van der Waals surface area contributed by atoms with Crippen molar-refractivity contribution >= 4 is 5.97 Å². The van der Waals surface area contributed by atoms with Crippen LogP contribution in [-0.4, -0.2) is 34.9 Å². The molecule has 5 rings (SSSR count). The number of esters is 1. The normalized spacial score (nSPS) is 10.7. The van der Waals surface area contributed by atoms with Crippen LogP contribution in [0.1, 0.15) is 0 Å². The second-order valence-corrected chi connectivity index (χ2v) is 7.48. The van der Waals surface area contributed by atoms with Crippen LogP contribution < -0.4 is 4.74 Å². The Balaban J connectivity index is 1.55. The van der Waals surface area contributed by atoms with Gasteiger partial charge in [-0.2, -0.15) is 5.10 Å². The number of benzene rings is 3. The maximum Gasteiger partial charge on any atom is 0.343 e. The number of hydrogen-bond donors (Lipinski definition) is 1. The average molecular weight is 451 g/mol. The Morgan fingerprint density at radius 2 is 1.62 bits per heavy atom. The Morgan fingerprint density at radius 1 is 0.912 bits per heavy atom. The lowest BCUT2D eigenvalue weighted by atomic mass is 10.1. The van der Waals surface area contributed by atoms with Crippen LogP contribution in [0.2, 0.25) is 0 Å². The smallest absolute Gasteiger partial charge is 0.343 e. The number of oxazole rings is 1. The van der Waals surface area contributed by atoms with E-state index >= 15 is 0 Å². The highest BCUT2D eigenvalue weighted by molar-refractivity contribution is 5.82. The van der Waals surface area contributed by atoms with Crippen LogP contribution in [-0.2, 0) is 9.53 Å². The monoisotopic (exact) mass is 451 g/mol. The van der Waals surface area contributed by atoms with E-state index in [1.807, 2.05) is 78.9 Å². The van der Waals surface area contributed by atoms with Crippen molar-refractivity contribution in [3.63, 3.8) is 0 Å². The quantitative estimate of drug-likeness (QED) is 0.323. The first-order valence-electron chi connectivity index (χ1n) is 10.7. The van der Waals surface area contributed by atoms with Gasteiger partial charge in [0.25, 0.3) is 0 Å². The number of nitrogens with zero attached hydrogens (tertiary/aromatic N) is 2. The maximum absolute atomic E-state index is 11.4. The van der Waals surface area contributed by atoms with Crippen molar-refractivity contribution in [3.05, 3.63) is 91.1 Å². The molecule has 0 radical (unpaired) electrons. The van der Waals surface area contributed by atoms with Gasteiger partial charge in [-0.1, -0.05) is 72.8 Å². The third-order valence-corrected chi connectivity index (χ3v) is 5.29. The van der Waals surface area contributed by atoms with Crippen molar-refractivity contribution in [2.45, 2.75) is 0 Å². The van der Waals surface area contributed by atoms with Crippen LogP contribution >= 0.6 is 0 Å². The minimum Gasteiger partial charge on any atom is -0.482 e. The van der Waals surface area contributed by atoms with Gasteiger partial charge in [-0.3, -0.25) is 5.10 Å². The average Bonchev–Trinajstić information content (AvgIpc) is 3.56. The van der Waals surface area contributed by atoms with E-state index in [4.69, 9.17) is 14.1 Å². The molecule has 0 bridgehead atoms. The molecule has 7 nitrogen and oxygen atoms in total. The number of carbonyl (C=O) groups excluding carboxylic acids is 1. The molecular formula is C27H21N3O4. The van der Waals surface area contributed by atoms with E-state index in [-0.39, 0.29) is 6.61 Å². The number of H-pyrrole nitrogens is 1. The highest BCUT2D eigenvalue weighted by atomic mass is 16.6. The van der Waals surface area contributed by atoms with E-state index in [0.717, 1.165) is 28.1 Å². The predicted octanol–water partition coefficient (Wildman–Crippen LogP) is 5.62. The first kappa shape index (κ1) is 21.2. The van der Waals surface area contributed by atoms with Crippen LogP contribution in [0.4, 0.5) is 0 Å². The van der Waals surface area contributed by atoms with Gasteiger partial charge in [-0.05, 0) is 12.1 Å². The van der Waals surface area contributed by atoms with Crippen LogP contribution in [0.25, 0.3) is 45.3 Å². The molecule has 1 N–H and O–H groups in total. The van der Waals surface area contributed by atoms with Gasteiger partial charge >= 0.3 is 5.97 Å². The molecule has 0 saturated heterocycles. The van der Waals surface area contributed by atoms with E-state index in [1.165, 1.54) is 7.11 Å². The number of methoxy groups -OCH3 is 1. The van der Waals surface area contributed by atoms with E-state index in [1.54, 1.807) is 12.3 Å². The summed E-state index contributed by atoms with van der Waals surface area (Å²) < 4.78 is 16.5. The van der Waals surface area contributed by atoms with Gasteiger partial charge in [0.15, 0.2) is 12.4 Å². The third-order valence-electron chi connectivity index (χ3n) is 5.29. The van der Waals surface area contributed by atoms with Gasteiger partial charge in [0.05, 0.1) is 24.6 Å². The van der Waals surface area contributed by atoms with Gasteiger partial charge in [0, 0.05) is 16.7 Å². The first-order chi connectivity index (χ1) is 16.7. The minimum absolute atomic E-state index is 0.170. The number of aromatic nitrogens is 3. The fraction of sp³-hybridized carbons (Fsp3) is 0.0741. The number of aromatic amines is 1. The zero-order chi connectivity index (χ0) is 23.3. The summed E-state index contributed by atoms with van der Waals surface area (Å²) >= 11 is 0. The number of hydrogen-bond acceptors (Lipinski definition) is 6. The summed E-state index contributed by atoms with van der Waals surface area (Å²) in [4.78, 5) is 16.3. The SMILES string of the molecule is COC(=O)COc1cccc(-c2[nH]ncc2-c2nc(-c3ccccc3)c(-c3ccccc3)o2)c1. The third kappa shape index (κ3) is 4.31. The van der Waals surface area contributed by atoms with Crippen molar-refractivity contribution in [1.82, 2.24) is 15.2 Å². The highest BCUT2D eigenvalue weighted by Gasteiger charge is 2.21. The zero-order valence-corrected chi connectivity index (χ0v) is 18.4. The largest absolute Gasteiger partial charge is 0.482 e. The Morgan fingerprint density at radius 3 is 2.35 bits per heavy atom. The Bertz CT molecular complexity index is 1350. The number of rotatable bonds is 7. The van der Waals surface area contributed by atoms with Crippen molar-refractivity contribution < 1.29 is 18.7 Å². The summed E-state index contributed by atoms with van der Waals surface area (Å²) in [5.41, 5.74) is 4.90. The zero-order valence-electron chi connectivity index (χ0n) is 18.4. The van der Waals surface area contributed by atoms with Crippen molar-refractivity contribution in [3.8, 4) is 51.0 Å². The van der Waals surface area contributed by atoms with Gasteiger partial charge in [0.1, 0.15) is 11.4 Å². The molecule has 0 aliphatic heterocycles. The van der Waals surface area contributed by atoms with E-state index in [9.17, 15) is 4.79 Å². The second kappa shape index (κ2) is 9.46. The molecule has 0 amide bonds. The number of ether oxygens (including phenoxy) is 2. The summed E-state index contributed by atoms with van der Waals surface area (Å²) in [6.07, 6.45) is 1.69. The molecule has 0 spiro atoms. The summed E-state index contributed by atoms with van der Waals surface area (Å²) in [7, 11) is 1.32. The maximum atomic E-state index is 11.4. The van der Waals surface area contributed by atoms with Crippen molar-refractivity contribution in [2.24, 2.45) is 0 Å². The fourth-order valence-electron chi connectivity index (χ4n) is 3.62. The van der Waals surface area contributed by atoms with Crippen LogP contribution in [0.3, 0.4) is 0 Å². The molecule has 2 heterocycles. The lowest BCUT2D eigenvalue weighted by Gasteiger charge is -2.07. The molecule has 7 heteroatoms. The molecule has 0 atom stereocenters. The lowest BCUT2D eigenvalue weighted by molar-refractivity contribution is -0.142. The van der Waals surface area contributed by atoms with E-state index in [0.29, 0.717) is 23.0 Å². The standard InChI is InChI=1S/C27H21N3O4/c1-32-23(31)17-33-21-14-8-13-20(15-21)24-22(16-28-30-24)27-29-25(18-9-4-2-5-10-18)26(34-27)19-11-6-3-7-12-19/h2-16H,17H2,1H3,(H,28,30). The Kier molecular flexibility index (Phi) is 5.90. The predicted molar refractivity (Wildman–Crippen MR) is 128 cm³/mol. The first-order valence-corrected chi connectivity index (χ1v) is 10.7. The van der Waals surface area contributed by atoms with Crippen molar-refractivity contribution in [1.29, 1.82) is 0 Å². The van der Waals surface area contributed by atoms with Gasteiger partial charge in [-0.15, -0.1) is 0 Å². The lowest BCUT2D eigenvalue weighted by Crippen LogP contribution is -2.12. The molecule has 5 aromatic rings. The summed E-state index contributed by atoms with van der Waals surface area (Å²) in [5.74, 6) is 1.21. The second-order valence-electron chi connectivity index (χ2n) is 7.48. The molecule has 0 unspecified atom stereocenters. The van der Waals surface area contributed by atoms with Crippen molar-refractivity contribution in [2.75, 3.05) is 13.7 Å². The van der Waals surface area contributed by atoms with E-state index < -0.39 is 5.97 Å². The van der Waals surface area contributed by atoms with Gasteiger partial charge < -0.3 is 13.9 Å². The minimum atomic E-state index is -0.450. The van der Waals surface area contributed by atoms with Gasteiger partial charge in [0.2, 0.25) is 5.89 Å². The molecule has 3 aromatic carbocycles. The number of carbonyl (C=O) groups is 1. The fourth-order valence-corrected chi connectivity index (χ4v) is 3.62. The van der Waals surface area contributed by atoms with E-state index in [2.05, 4.69) is 14.9 Å². The molecule has 0 saturated carbocycles.